The van der Waals surface area contributed by atoms with Crippen LogP contribution < -0.4 is 5.32 Å². The van der Waals surface area contributed by atoms with E-state index in [2.05, 4.69) is 28.6 Å². The molecule has 118 valence electrons. The van der Waals surface area contributed by atoms with Gasteiger partial charge in [0.25, 0.3) is 0 Å². The number of likely N-dealkylation sites (tertiary alicyclic amines) is 1. The van der Waals surface area contributed by atoms with Crippen LogP contribution in [0.3, 0.4) is 0 Å². The first-order chi connectivity index (χ1) is 11.2. The molecule has 6 heteroatoms. The second kappa shape index (κ2) is 6.97. The summed E-state index contributed by atoms with van der Waals surface area (Å²) in [5.74, 6) is 0.374. The molecule has 1 aliphatic rings. The molecule has 6 nitrogen and oxygen atoms in total. The number of rotatable bonds is 5. The van der Waals surface area contributed by atoms with E-state index >= 15 is 0 Å². The van der Waals surface area contributed by atoms with E-state index in [4.69, 9.17) is 5.26 Å². The summed E-state index contributed by atoms with van der Waals surface area (Å²) < 4.78 is 1.97. The average molecular weight is 309 g/mol. The molecule has 1 atom stereocenters. The SMILES string of the molecule is N#CN1CC[C@H](C(=O)Nc2cn(CCc3ccccc3)cn2)C1. The van der Waals surface area contributed by atoms with Crippen LogP contribution in [0.2, 0.25) is 0 Å². The number of benzene rings is 1. The normalized spacial score (nSPS) is 17.0. The van der Waals surface area contributed by atoms with Crippen LogP contribution in [0.4, 0.5) is 5.82 Å². The molecule has 2 aromatic rings. The van der Waals surface area contributed by atoms with Gasteiger partial charge in [-0.2, -0.15) is 5.26 Å². The van der Waals surface area contributed by atoms with Crippen molar-refractivity contribution in [3.63, 3.8) is 0 Å². The van der Waals surface area contributed by atoms with Crippen molar-refractivity contribution in [2.75, 3.05) is 18.4 Å². The van der Waals surface area contributed by atoms with Crippen LogP contribution >= 0.6 is 0 Å². The van der Waals surface area contributed by atoms with Gasteiger partial charge in [-0.3, -0.25) is 4.79 Å². The molecule has 1 amide bonds. The highest BCUT2D eigenvalue weighted by atomic mass is 16.2. The predicted molar refractivity (Wildman–Crippen MR) is 86.3 cm³/mol. The smallest absolute Gasteiger partial charge is 0.230 e. The number of aryl methyl sites for hydroxylation is 2. The zero-order valence-electron chi connectivity index (χ0n) is 12.9. The van der Waals surface area contributed by atoms with E-state index in [1.165, 1.54) is 5.56 Å². The first-order valence-electron chi connectivity index (χ1n) is 7.76. The molecular weight excluding hydrogens is 290 g/mol. The topological polar surface area (TPSA) is 74.0 Å². The Labute approximate surface area is 135 Å². The monoisotopic (exact) mass is 309 g/mol. The molecule has 2 heterocycles. The molecule has 1 N–H and O–H groups in total. The van der Waals surface area contributed by atoms with Crippen molar-refractivity contribution in [1.82, 2.24) is 14.5 Å². The maximum atomic E-state index is 12.2. The van der Waals surface area contributed by atoms with Crippen molar-refractivity contribution in [3.8, 4) is 6.19 Å². The summed E-state index contributed by atoms with van der Waals surface area (Å²) in [6.07, 6.45) is 7.30. The maximum absolute atomic E-state index is 12.2. The Morgan fingerprint density at radius 2 is 2.22 bits per heavy atom. The summed E-state index contributed by atoms with van der Waals surface area (Å²) in [7, 11) is 0. The number of anilines is 1. The van der Waals surface area contributed by atoms with Gasteiger partial charge in [0, 0.05) is 25.8 Å². The molecule has 1 aromatic heterocycles. The fourth-order valence-corrected chi connectivity index (χ4v) is 2.74. The molecular formula is C17H19N5O. The van der Waals surface area contributed by atoms with E-state index in [1.54, 1.807) is 11.2 Å². The molecule has 0 bridgehead atoms. The van der Waals surface area contributed by atoms with E-state index in [0.717, 1.165) is 13.0 Å². The lowest BCUT2D eigenvalue weighted by Gasteiger charge is -2.08. The van der Waals surface area contributed by atoms with Gasteiger partial charge in [0.05, 0.1) is 12.2 Å². The number of nitriles is 1. The van der Waals surface area contributed by atoms with Gasteiger partial charge >= 0.3 is 0 Å². The molecule has 0 aliphatic carbocycles. The molecule has 1 aromatic carbocycles. The summed E-state index contributed by atoms with van der Waals surface area (Å²) in [5.41, 5.74) is 1.27. The Bertz CT molecular complexity index is 703. The Balaban J connectivity index is 1.51. The van der Waals surface area contributed by atoms with Crippen molar-refractivity contribution in [1.29, 1.82) is 5.26 Å². The molecule has 0 radical (unpaired) electrons. The highest BCUT2D eigenvalue weighted by Crippen LogP contribution is 2.17. The second-order valence-electron chi connectivity index (χ2n) is 5.75. The molecule has 1 saturated heterocycles. The lowest BCUT2D eigenvalue weighted by atomic mass is 10.1. The Morgan fingerprint density at radius 1 is 1.39 bits per heavy atom. The number of hydrogen-bond acceptors (Lipinski definition) is 4. The summed E-state index contributed by atoms with van der Waals surface area (Å²) in [5, 5.41) is 11.7. The van der Waals surface area contributed by atoms with Gasteiger partial charge in [0.2, 0.25) is 5.91 Å². The third-order valence-electron chi connectivity index (χ3n) is 4.09. The number of aromatic nitrogens is 2. The minimum atomic E-state index is -0.135. The van der Waals surface area contributed by atoms with Crippen LogP contribution in [0.25, 0.3) is 0 Å². The summed E-state index contributed by atoms with van der Waals surface area (Å²) >= 11 is 0. The lowest BCUT2D eigenvalue weighted by molar-refractivity contribution is -0.119. The first kappa shape index (κ1) is 15.1. The van der Waals surface area contributed by atoms with Crippen molar-refractivity contribution < 1.29 is 4.79 Å². The molecule has 0 saturated carbocycles. The van der Waals surface area contributed by atoms with Gasteiger partial charge in [-0.1, -0.05) is 30.3 Å². The van der Waals surface area contributed by atoms with Crippen molar-refractivity contribution in [2.24, 2.45) is 5.92 Å². The van der Waals surface area contributed by atoms with Gasteiger partial charge in [0.1, 0.15) is 0 Å². The van der Waals surface area contributed by atoms with Crippen molar-refractivity contribution in [3.05, 3.63) is 48.4 Å². The van der Waals surface area contributed by atoms with E-state index < -0.39 is 0 Å². The minimum Gasteiger partial charge on any atom is -0.335 e. The number of hydrogen-bond donors (Lipinski definition) is 1. The zero-order valence-corrected chi connectivity index (χ0v) is 12.9. The zero-order chi connectivity index (χ0) is 16.1. The van der Waals surface area contributed by atoms with Crippen LogP contribution in [0.15, 0.2) is 42.9 Å². The van der Waals surface area contributed by atoms with E-state index in [-0.39, 0.29) is 11.8 Å². The number of carbonyl (C=O) groups is 1. The Hall–Kier alpha value is -2.81. The van der Waals surface area contributed by atoms with Crippen LogP contribution in [0.1, 0.15) is 12.0 Å². The maximum Gasteiger partial charge on any atom is 0.230 e. The second-order valence-corrected chi connectivity index (χ2v) is 5.75. The lowest BCUT2D eigenvalue weighted by Crippen LogP contribution is -2.25. The minimum absolute atomic E-state index is 0.0592. The van der Waals surface area contributed by atoms with Crippen molar-refractivity contribution in [2.45, 2.75) is 19.4 Å². The quantitative estimate of drug-likeness (QED) is 0.856. The largest absolute Gasteiger partial charge is 0.335 e. The molecule has 1 aliphatic heterocycles. The number of amides is 1. The fourth-order valence-electron chi connectivity index (χ4n) is 2.74. The standard InChI is InChI=1S/C17H19N5O/c18-12-21-9-7-15(10-21)17(23)20-16-11-22(13-19-16)8-6-14-4-2-1-3-5-14/h1-5,11,13,15H,6-10H2,(H,20,23)/t15-/m0/s1. The van der Waals surface area contributed by atoms with Gasteiger partial charge in [-0.05, 0) is 18.4 Å². The molecule has 23 heavy (non-hydrogen) atoms. The van der Waals surface area contributed by atoms with Crippen LogP contribution in [0.5, 0.6) is 0 Å². The van der Waals surface area contributed by atoms with E-state index in [0.29, 0.717) is 25.3 Å². The molecule has 0 spiro atoms. The van der Waals surface area contributed by atoms with E-state index in [9.17, 15) is 4.79 Å². The third kappa shape index (κ3) is 3.89. The van der Waals surface area contributed by atoms with E-state index in [1.807, 2.05) is 29.0 Å². The Kier molecular flexibility index (Phi) is 4.57. The fraction of sp³-hybridized carbons (Fsp3) is 0.353. The highest BCUT2D eigenvalue weighted by molar-refractivity contribution is 5.91. The Morgan fingerprint density at radius 3 is 2.96 bits per heavy atom. The summed E-state index contributed by atoms with van der Waals surface area (Å²) in [4.78, 5) is 18.0. The van der Waals surface area contributed by atoms with Gasteiger partial charge < -0.3 is 14.8 Å². The van der Waals surface area contributed by atoms with Crippen LogP contribution in [-0.2, 0) is 17.8 Å². The van der Waals surface area contributed by atoms with Gasteiger partial charge in [-0.25, -0.2) is 4.98 Å². The number of carbonyl (C=O) groups excluding carboxylic acids is 1. The predicted octanol–water partition coefficient (Wildman–Crippen LogP) is 1.87. The van der Waals surface area contributed by atoms with Gasteiger partial charge in [-0.15, -0.1) is 0 Å². The molecule has 0 unspecified atom stereocenters. The third-order valence-corrected chi connectivity index (χ3v) is 4.09. The average Bonchev–Trinajstić information content (AvgIpc) is 3.23. The van der Waals surface area contributed by atoms with Crippen LogP contribution in [0, 0.1) is 17.4 Å². The number of nitrogens with one attached hydrogen (secondary N) is 1. The highest BCUT2D eigenvalue weighted by Gasteiger charge is 2.28. The van der Waals surface area contributed by atoms with Crippen molar-refractivity contribution >= 4 is 11.7 Å². The summed E-state index contributed by atoms with van der Waals surface area (Å²) in [6.45, 7) is 1.97. The number of imidazole rings is 1. The molecule has 1 fully saturated rings. The van der Waals surface area contributed by atoms with Gasteiger partial charge in [0.15, 0.2) is 12.0 Å². The van der Waals surface area contributed by atoms with Crippen LogP contribution in [-0.4, -0.2) is 33.4 Å². The summed E-state index contributed by atoms with van der Waals surface area (Å²) in [6, 6.07) is 10.3. The molecule has 3 rings (SSSR count). The number of nitrogens with zero attached hydrogens (tertiary/aromatic N) is 4. The first-order valence-corrected chi connectivity index (χ1v) is 7.76.